The Balaban J connectivity index is 2.01. The number of hydrogen-bond donors (Lipinski definition) is 2. The van der Waals surface area contributed by atoms with Crippen LogP contribution in [0.15, 0.2) is 29.2 Å². The summed E-state index contributed by atoms with van der Waals surface area (Å²) in [6.07, 6.45) is 6.36. The number of sulfonamides is 1. The van der Waals surface area contributed by atoms with Gasteiger partial charge in [0.25, 0.3) is 0 Å². The summed E-state index contributed by atoms with van der Waals surface area (Å²) < 4.78 is 27.8. The Labute approximate surface area is 147 Å². The molecular weight excluding hydrogens is 320 g/mol. The van der Waals surface area contributed by atoms with Crippen LogP contribution in [0.1, 0.15) is 57.4 Å². The lowest BCUT2D eigenvalue weighted by Crippen LogP contribution is -3.07. The van der Waals surface area contributed by atoms with Crippen LogP contribution in [0.25, 0.3) is 0 Å². The molecule has 0 spiro atoms. The van der Waals surface area contributed by atoms with Crippen molar-refractivity contribution < 1.29 is 13.3 Å². The Bertz CT molecular complexity index is 615. The van der Waals surface area contributed by atoms with Crippen molar-refractivity contribution in [3.63, 3.8) is 0 Å². The molecule has 24 heavy (non-hydrogen) atoms. The van der Waals surface area contributed by atoms with Gasteiger partial charge in [0.2, 0.25) is 10.0 Å². The predicted octanol–water partition coefficient (Wildman–Crippen LogP) is 2.18. The lowest BCUT2D eigenvalue weighted by Gasteiger charge is -2.26. The van der Waals surface area contributed by atoms with E-state index < -0.39 is 10.0 Å². The molecule has 0 amide bonds. The van der Waals surface area contributed by atoms with Gasteiger partial charge in [0.1, 0.15) is 0 Å². The lowest BCUT2D eigenvalue weighted by atomic mass is 9.84. The van der Waals surface area contributed by atoms with Crippen molar-refractivity contribution in [3.8, 4) is 0 Å². The van der Waals surface area contributed by atoms with E-state index in [4.69, 9.17) is 0 Å². The van der Waals surface area contributed by atoms with Crippen LogP contribution in [0.4, 0.5) is 0 Å². The summed E-state index contributed by atoms with van der Waals surface area (Å²) in [7, 11) is 0.731. The highest BCUT2D eigenvalue weighted by atomic mass is 32.2. The van der Waals surface area contributed by atoms with Crippen molar-refractivity contribution in [3.05, 3.63) is 29.8 Å². The van der Waals surface area contributed by atoms with Gasteiger partial charge >= 0.3 is 0 Å². The first-order valence-corrected chi connectivity index (χ1v) is 10.6. The summed E-state index contributed by atoms with van der Waals surface area (Å²) in [6, 6.07) is 7.52. The van der Waals surface area contributed by atoms with Gasteiger partial charge in [0.05, 0.1) is 25.5 Å². The molecular formula is C19H33N2O2S+. The molecule has 0 radical (unpaired) electrons. The van der Waals surface area contributed by atoms with Crippen molar-refractivity contribution in [1.82, 2.24) is 4.72 Å². The van der Waals surface area contributed by atoms with E-state index in [1.165, 1.54) is 42.6 Å². The molecule has 4 nitrogen and oxygen atoms in total. The van der Waals surface area contributed by atoms with E-state index in [0.717, 1.165) is 6.54 Å². The second-order valence-electron chi connectivity index (χ2n) is 8.28. The third-order valence-corrected chi connectivity index (χ3v) is 6.26. The van der Waals surface area contributed by atoms with Gasteiger partial charge in [-0.15, -0.1) is 0 Å². The number of rotatable bonds is 7. The fourth-order valence-electron chi connectivity index (χ4n) is 3.75. The first-order chi connectivity index (χ1) is 11.2. The molecule has 0 aliphatic heterocycles. The van der Waals surface area contributed by atoms with E-state index in [9.17, 15) is 8.42 Å². The van der Waals surface area contributed by atoms with Crippen LogP contribution < -0.4 is 9.62 Å². The monoisotopic (exact) mass is 353 g/mol. The third kappa shape index (κ3) is 5.57. The fourth-order valence-corrected chi connectivity index (χ4v) is 4.99. The van der Waals surface area contributed by atoms with Gasteiger partial charge in [-0.3, -0.25) is 0 Å². The SMILES string of the molecule is C[NH+](C)CC(C)(C)CNS(=O)(=O)c1ccc(C2CCCCC2)cc1. The first kappa shape index (κ1) is 19.4. The highest BCUT2D eigenvalue weighted by molar-refractivity contribution is 7.89. The number of benzene rings is 1. The van der Waals surface area contributed by atoms with E-state index in [0.29, 0.717) is 17.4 Å². The van der Waals surface area contributed by atoms with Crippen molar-refractivity contribution in [2.24, 2.45) is 5.41 Å². The molecule has 136 valence electrons. The van der Waals surface area contributed by atoms with E-state index >= 15 is 0 Å². The van der Waals surface area contributed by atoms with Gasteiger partial charge in [0.15, 0.2) is 0 Å². The molecule has 0 atom stereocenters. The minimum atomic E-state index is -3.44. The van der Waals surface area contributed by atoms with Gasteiger partial charge in [-0.05, 0) is 36.5 Å². The van der Waals surface area contributed by atoms with Crippen LogP contribution in [0, 0.1) is 5.41 Å². The maximum Gasteiger partial charge on any atom is 0.240 e. The Hall–Kier alpha value is -0.910. The summed E-state index contributed by atoms with van der Waals surface area (Å²) >= 11 is 0. The van der Waals surface area contributed by atoms with Crippen molar-refractivity contribution in [1.29, 1.82) is 0 Å². The minimum Gasteiger partial charge on any atom is -0.339 e. The molecule has 0 heterocycles. The van der Waals surface area contributed by atoms with Crippen LogP contribution in [0.5, 0.6) is 0 Å². The number of quaternary nitrogens is 1. The average molecular weight is 354 g/mol. The lowest BCUT2D eigenvalue weighted by molar-refractivity contribution is -0.865. The molecule has 1 aromatic rings. The molecule has 1 aliphatic rings. The van der Waals surface area contributed by atoms with Crippen molar-refractivity contribution in [2.45, 2.75) is 56.8 Å². The summed E-state index contributed by atoms with van der Waals surface area (Å²) in [4.78, 5) is 1.69. The zero-order valence-electron chi connectivity index (χ0n) is 15.6. The first-order valence-electron chi connectivity index (χ1n) is 9.08. The Morgan fingerprint density at radius 2 is 1.67 bits per heavy atom. The zero-order valence-corrected chi connectivity index (χ0v) is 16.4. The summed E-state index contributed by atoms with van der Waals surface area (Å²) in [6.45, 7) is 5.55. The minimum absolute atomic E-state index is 0.0755. The number of hydrogen-bond acceptors (Lipinski definition) is 2. The maximum atomic E-state index is 12.5. The van der Waals surface area contributed by atoms with Gasteiger partial charge in [-0.2, -0.15) is 0 Å². The molecule has 0 saturated heterocycles. The molecule has 2 N–H and O–H groups in total. The fraction of sp³-hybridized carbons (Fsp3) is 0.684. The molecule has 1 aromatic carbocycles. The van der Waals surface area contributed by atoms with Crippen LogP contribution in [-0.2, 0) is 10.0 Å². The molecule has 1 saturated carbocycles. The van der Waals surface area contributed by atoms with Crippen LogP contribution >= 0.6 is 0 Å². The van der Waals surface area contributed by atoms with Gasteiger partial charge in [-0.1, -0.05) is 45.2 Å². The van der Waals surface area contributed by atoms with Crippen LogP contribution in [0.3, 0.4) is 0 Å². The smallest absolute Gasteiger partial charge is 0.240 e. The average Bonchev–Trinajstić information content (AvgIpc) is 2.53. The second kappa shape index (κ2) is 7.98. The predicted molar refractivity (Wildman–Crippen MR) is 98.9 cm³/mol. The van der Waals surface area contributed by atoms with Gasteiger partial charge in [0, 0.05) is 12.0 Å². The molecule has 1 aliphatic carbocycles. The molecule has 0 unspecified atom stereocenters. The third-order valence-electron chi connectivity index (χ3n) is 4.84. The maximum absolute atomic E-state index is 12.5. The van der Waals surface area contributed by atoms with Crippen molar-refractivity contribution >= 4 is 10.0 Å². The van der Waals surface area contributed by atoms with E-state index in [-0.39, 0.29) is 5.41 Å². The summed E-state index contributed by atoms with van der Waals surface area (Å²) in [5.74, 6) is 0.602. The Morgan fingerprint density at radius 3 is 2.21 bits per heavy atom. The zero-order chi connectivity index (χ0) is 17.8. The van der Waals surface area contributed by atoms with E-state index in [2.05, 4.69) is 32.7 Å². The highest BCUT2D eigenvalue weighted by Crippen LogP contribution is 2.32. The Morgan fingerprint density at radius 1 is 1.08 bits per heavy atom. The van der Waals surface area contributed by atoms with Crippen LogP contribution in [-0.4, -0.2) is 35.6 Å². The highest BCUT2D eigenvalue weighted by Gasteiger charge is 2.25. The molecule has 1 fully saturated rings. The molecule has 5 heteroatoms. The molecule has 0 bridgehead atoms. The number of nitrogens with one attached hydrogen (secondary N) is 2. The molecule has 2 rings (SSSR count). The largest absolute Gasteiger partial charge is 0.339 e. The standard InChI is InChI=1S/C19H32N2O2S/c1-19(2,15-21(3)4)14-20-24(22,23)18-12-10-17(11-13-18)16-8-6-5-7-9-16/h10-13,16,20H,5-9,14-15H2,1-4H3/p+1. The van der Waals surface area contributed by atoms with Crippen molar-refractivity contribution in [2.75, 3.05) is 27.2 Å². The second-order valence-corrected chi connectivity index (χ2v) is 10.0. The van der Waals surface area contributed by atoms with Crippen LogP contribution in [0.2, 0.25) is 0 Å². The topological polar surface area (TPSA) is 50.6 Å². The van der Waals surface area contributed by atoms with Gasteiger partial charge < -0.3 is 4.90 Å². The molecule has 0 aromatic heterocycles. The Kier molecular flexibility index (Phi) is 6.46. The summed E-state index contributed by atoms with van der Waals surface area (Å²) in [5, 5.41) is 0. The van der Waals surface area contributed by atoms with E-state index in [1.54, 1.807) is 12.1 Å². The summed E-state index contributed by atoms with van der Waals surface area (Å²) in [5.41, 5.74) is 1.21. The van der Waals surface area contributed by atoms with Gasteiger partial charge in [-0.25, -0.2) is 13.1 Å². The van der Waals surface area contributed by atoms with E-state index in [1.807, 2.05) is 12.1 Å². The normalized spacial score (nSPS) is 17.4. The quantitative estimate of drug-likeness (QED) is 0.789.